The van der Waals surface area contributed by atoms with Gasteiger partial charge in [0.05, 0.1) is 11.3 Å². The third kappa shape index (κ3) is 4.35. The second-order valence-electron chi connectivity index (χ2n) is 5.10. The van der Waals surface area contributed by atoms with Crippen molar-refractivity contribution in [2.75, 3.05) is 31.7 Å². The summed E-state index contributed by atoms with van der Waals surface area (Å²) < 4.78 is 0. The predicted octanol–water partition coefficient (Wildman–Crippen LogP) is 2.12. The lowest BCUT2D eigenvalue weighted by atomic mass is 10.2. The van der Waals surface area contributed by atoms with Gasteiger partial charge >= 0.3 is 0 Å². The molecule has 1 rings (SSSR count). The van der Waals surface area contributed by atoms with E-state index in [4.69, 9.17) is 11.5 Å². The number of nitrogens with zero attached hydrogens (tertiary/aromatic N) is 1. The van der Waals surface area contributed by atoms with E-state index in [2.05, 4.69) is 12.2 Å². The number of hydrogen-bond donors (Lipinski definition) is 3. The molecule has 0 saturated carbocycles. The average Bonchev–Trinajstić information content (AvgIpc) is 2.74. The van der Waals surface area contributed by atoms with Crippen LogP contribution in [0.2, 0.25) is 0 Å². The summed E-state index contributed by atoms with van der Waals surface area (Å²) in [6.07, 6.45) is 4.47. The average molecular weight is 312 g/mol. The summed E-state index contributed by atoms with van der Waals surface area (Å²) in [6, 6.07) is 0. The largest absolute Gasteiger partial charge is 0.397 e. The monoisotopic (exact) mass is 312 g/mol. The van der Waals surface area contributed by atoms with Crippen LogP contribution < -0.4 is 16.8 Å². The molecule has 118 valence electrons. The van der Waals surface area contributed by atoms with Crippen molar-refractivity contribution in [3.05, 3.63) is 10.4 Å². The van der Waals surface area contributed by atoms with Crippen LogP contribution in [0.1, 0.15) is 52.6 Å². The minimum absolute atomic E-state index is 0.169. The Morgan fingerprint density at radius 1 is 1.24 bits per heavy atom. The fourth-order valence-corrected chi connectivity index (χ4v) is 3.10. The summed E-state index contributed by atoms with van der Waals surface area (Å²) in [6.45, 7) is 2.88. The highest BCUT2D eigenvalue weighted by Crippen LogP contribution is 2.36. The molecule has 0 aliphatic carbocycles. The van der Waals surface area contributed by atoms with Crippen molar-refractivity contribution in [1.29, 1.82) is 0 Å². The number of carbonyl (C=O) groups excluding carboxylic acids is 2. The van der Waals surface area contributed by atoms with Gasteiger partial charge < -0.3 is 21.7 Å². The number of thiophene rings is 1. The van der Waals surface area contributed by atoms with Crippen LogP contribution in [0.5, 0.6) is 0 Å². The highest BCUT2D eigenvalue weighted by atomic mass is 32.1. The Hall–Kier alpha value is -1.76. The summed E-state index contributed by atoms with van der Waals surface area (Å²) in [5, 5.41) is 3.76. The van der Waals surface area contributed by atoms with Crippen LogP contribution in [0.3, 0.4) is 0 Å². The Morgan fingerprint density at radius 3 is 2.43 bits per heavy atom. The van der Waals surface area contributed by atoms with Crippen molar-refractivity contribution >= 4 is 33.8 Å². The molecule has 0 saturated heterocycles. The molecule has 0 aliphatic heterocycles. The number of nitrogens with one attached hydrogen (secondary N) is 1. The highest BCUT2D eigenvalue weighted by molar-refractivity contribution is 7.19. The number of carbonyl (C=O) groups is 2. The maximum atomic E-state index is 12.0. The van der Waals surface area contributed by atoms with E-state index in [1.165, 1.54) is 29.1 Å². The zero-order valence-electron chi connectivity index (χ0n) is 12.9. The van der Waals surface area contributed by atoms with E-state index < -0.39 is 5.91 Å². The molecular formula is C14H24N4O2S. The van der Waals surface area contributed by atoms with Gasteiger partial charge in [0.25, 0.3) is 11.8 Å². The standard InChI is InChI=1S/C14H24N4O2S/c1-4-5-6-7-8-17-13-9(12(16)19)10(15)11(21-13)14(20)18(2)3/h17H,4-8,15H2,1-3H3,(H2,16,19). The SMILES string of the molecule is CCCCCCNc1sc(C(=O)N(C)C)c(N)c1C(N)=O. The molecule has 1 aromatic rings. The maximum Gasteiger partial charge on any atom is 0.265 e. The molecule has 0 bridgehead atoms. The van der Waals surface area contributed by atoms with Crippen LogP contribution in [0.4, 0.5) is 10.7 Å². The van der Waals surface area contributed by atoms with Crippen molar-refractivity contribution in [2.24, 2.45) is 5.73 Å². The van der Waals surface area contributed by atoms with Crippen LogP contribution in [0.15, 0.2) is 0 Å². The second-order valence-corrected chi connectivity index (χ2v) is 6.12. The molecule has 0 aromatic carbocycles. The van der Waals surface area contributed by atoms with Crippen molar-refractivity contribution in [3.8, 4) is 0 Å². The predicted molar refractivity (Wildman–Crippen MR) is 87.9 cm³/mol. The van der Waals surface area contributed by atoms with Crippen LogP contribution >= 0.6 is 11.3 Å². The number of hydrogen-bond acceptors (Lipinski definition) is 5. The minimum Gasteiger partial charge on any atom is -0.397 e. The smallest absolute Gasteiger partial charge is 0.265 e. The highest BCUT2D eigenvalue weighted by Gasteiger charge is 2.24. The fraction of sp³-hybridized carbons (Fsp3) is 0.571. The van der Waals surface area contributed by atoms with E-state index in [0.29, 0.717) is 9.88 Å². The van der Waals surface area contributed by atoms with Crippen molar-refractivity contribution in [1.82, 2.24) is 4.90 Å². The lowest BCUT2D eigenvalue weighted by Crippen LogP contribution is -2.22. The van der Waals surface area contributed by atoms with Gasteiger partial charge in [-0.25, -0.2) is 0 Å². The molecule has 1 heterocycles. The lowest BCUT2D eigenvalue weighted by molar-refractivity contribution is 0.0833. The molecule has 7 heteroatoms. The first-order valence-electron chi connectivity index (χ1n) is 7.07. The zero-order valence-corrected chi connectivity index (χ0v) is 13.7. The Bertz CT molecular complexity index is 511. The van der Waals surface area contributed by atoms with E-state index in [9.17, 15) is 9.59 Å². The van der Waals surface area contributed by atoms with E-state index >= 15 is 0 Å². The summed E-state index contributed by atoms with van der Waals surface area (Å²) >= 11 is 1.19. The topological polar surface area (TPSA) is 101 Å². The maximum absolute atomic E-state index is 12.0. The molecule has 2 amide bonds. The fourth-order valence-electron chi connectivity index (χ4n) is 1.93. The Kier molecular flexibility index (Phi) is 6.48. The molecule has 5 N–H and O–H groups in total. The molecule has 0 unspecified atom stereocenters. The lowest BCUT2D eigenvalue weighted by Gasteiger charge is -2.08. The van der Waals surface area contributed by atoms with Gasteiger partial charge in [-0.1, -0.05) is 26.2 Å². The van der Waals surface area contributed by atoms with Crippen LogP contribution in [0.25, 0.3) is 0 Å². The van der Waals surface area contributed by atoms with Crippen molar-refractivity contribution in [3.63, 3.8) is 0 Å². The molecule has 0 spiro atoms. The van der Waals surface area contributed by atoms with Crippen LogP contribution in [-0.4, -0.2) is 37.4 Å². The van der Waals surface area contributed by atoms with Crippen LogP contribution in [-0.2, 0) is 0 Å². The summed E-state index contributed by atoms with van der Waals surface area (Å²) in [4.78, 5) is 25.4. The van der Waals surface area contributed by atoms with Gasteiger partial charge in [0.1, 0.15) is 9.88 Å². The number of unbranched alkanes of at least 4 members (excludes halogenated alkanes) is 3. The Labute approximate surface area is 129 Å². The number of nitrogen functional groups attached to an aromatic ring is 1. The number of anilines is 2. The van der Waals surface area contributed by atoms with E-state index in [0.717, 1.165) is 19.4 Å². The summed E-state index contributed by atoms with van der Waals surface area (Å²) in [5.74, 6) is -0.836. The second kappa shape index (κ2) is 7.87. The van der Waals surface area contributed by atoms with Gasteiger partial charge in [0.15, 0.2) is 0 Å². The van der Waals surface area contributed by atoms with Gasteiger partial charge in [-0.2, -0.15) is 0 Å². The van der Waals surface area contributed by atoms with Gasteiger partial charge in [-0.05, 0) is 6.42 Å². The van der Waals surface area contributed by atoms with Crippen LogP contribution in [0, 0.1) is 0 Å². The molecule has 0 radical (unpaired) electrons. The van der Waals surface area contributed by atoms with Gasteiger partial charge in [-0.15, -0.1) is 11.3 Å². The summed E-state index contributed by atoms with van der Waals surface area (Å²) in [7, 11) is 3.28. The number of primary amides is 1. The Balaban J connectivity index is 2.89. The molecule has 0 atom stereocenters. The summed E-state index contributed by atoms with van der Waals surface area (Å²) in [5.41, 5.74) is 11.7. The molecule has 0 fully saturated rings. The van der Waals surface area contributed by atoms with Crippen molar-refractivity contribution < 1.29 is 9.59 Å². The quantitative estimate of drug-likeness (QED) is 0.640. The third-order valence-electron chi connectivity index (χ3n) is 3.11. The van der Waals surface area contributed by atoms with Gasteiger partial charge in [0, 0.05) is 20.6 Å². The molecule has 1 aromatic heterocycles. The van der Waals surface area contributed by atoms with Crippen molar-refractivity contribution in [2.45, 2.75) is 32.6 Å². The first-order chi connectivity index (χ1) is 9.90. The van der Waals surface area contributed by atoms with E-state index in [1.807, 2.05) is 0 Å². The Morgan fingerprint density at radius 2 is 1.90 bits per heavy atom. The molecular weight excluding hydrogens is 288 g/mol. The van der Waals surface area contributed by atoms with Gasteiger partial charge in [-0.3, -0.25) is 9.59 Å². The minimum atomic E-state index is -0.613. The number of rotatable bonds is 8. The van der Waals surface area contributed by atoms with E-state index in [-0.39, 0.29) is 17.2 Å². The normalized spacial score (nSPS) is 10.4. The van der Waals surface area contributed by atoms with E-state index in [1.54, 1.807) is 14.1 Å². The first kappa shape index (κ1) is 17.3. The third-order valence-corrected chi connectivity index (χ3v) is 4.26. The zero-order chi connectivity index (χ0) is 16.0. The number of amides is 2. The number of nitrogens with two attached hydrogens (primary N) is 2. The molecule has 6 nitrogen and oxygen atoms in total. The van der Waals surface area contributed by atoms with Gasteiger partial charge in [0.2, 0.25) is 0 Å². The molecule has 0 aliphatic rings. The first-order valence-corrected chi connectivity index (χ1v) is 7.89. The molecule has 21 heavy (non-hydrogen) atoms.